The number of carbonyl (C=O) groups is 3. The van der Waals surface area contributed by atoms with Gasteiger partial charge in [-0.25, -0.2) is 4.79 Å². The molecule has 1 heterocycles. The SMILES string of the molecule is CC/C=C\C/C=C\C/C=C\C/C=C\C/C=C\CCCC(=O)OC(CC)(C(=O)O)c1c(C)n(C(=O)c2ccc(Cl)cc2)c2ccc(OC)cc12. The van der Waals surface area contributed by atoms with Gasteiger partial charge in [0.1, 0.15) is 5.75 Å². The topological polar surface area (TPSA) is 94.8 Å². The lowest BCUT2D eigenvalue weighted by Crippen LogP contribution is -2.40. The number of aromatic nitrogens is 1. The Hall–Kier alpha value is -4.62. The number of benzene rings is 2. The van der Waals surface area contributed by atoms with Gasteiger partial charge in [0.25, 0.3) is 5.91 Å². The Morgan fingerprint density at radius 2 is 1.41 bits per heavy atom. The molecule has 0 bridgehead atoms. The normalized spacial score (nSPS) is 13.4. The monoisotopic (exact) mass is 685 g/mol. The van der Waals surface area contributed by atoms with Gasteiger partial charge in [-0.15, -0.1) is 0 Å². The Kier molecular flexibility index (Phi) is 15.9. The van der Waals surface area contributed by atoms with Gasteiger partial charge in [0.15, 0.2) is 0 Å². The molecule has 3 rings (SSSR count). The van der Waals surface area contributed by atoms with Crippen LogP contribution in [0.15, 0.2) is 103 Å². The summed E-state index contributed by atoms with van der Waals surface area (Å²) < 4.78 is 12.8. The summed E-state index contributed by atoms with van der Waals surface area (Å²) in [6.45, 7) is 5.45. The molecule has 0 saturated carbocycles. The number of unbranched alkanes of at least 4 members (excludes halogenated alkanes) is 1. The standard InChI is InChI=1S/C41H48ClNO6/c1-5-7-8-9-10-11-12-13-14-15-16-17-18-19-20-21-22-23-37(44)49-41(6-2,40(46)47)38-31(3)43(36-29-28-34(48-4)30-35(36)38)39(45)32-24-26-33(42)27-25-32/h7-8,10-11,13-14,16-17,19-20,24-30H,5-6,9,12,15,18,21-23H2,1-4H3,(H,46,47)/b8-7-,11-10-,14-13-,17-16-,20-19-. The van der Waals surface area contributed by atoms with Crippen LogP contribution in [0.3, 0.4) is 0 Å². The third kappa shape index (κ3) is 10.7. The molecule has 1 N–H and O–H groups in total. The molecule has 49 heavy (non-hydrogen) atoms. The largest absolute Gasteiger partial charge is 0.497 e. The van der Waals surface area contributed by atoms with Crippen LogP contribution in [0.25, 0.3) is 10.9 Å². The van der Waals surface area contributed by atoms with Crippen molar-refractivity contribution < 1.29 is 29.0 Å². The molecule has 0 aliphatic carbocycles. The summed E-state index contributed by atoms with van der Waals surface area (Å²) in [4.78, 5) is 40.0. The maximum Gasteiger partial charge on any atom is 0.353 e. The molecule has 0 spiro atoms. The van der Waals surface area contributed by atoms with E-state index >= 15 is 0 Å². The van der Waals surface area contributed by atoms with Crippen LogP contribution in [0, 0.1) is 6.92 Å². The van der Waals surface area contributed by atoms with E-state index in [0.717, 1.165) is 32.1 Å². The second-order valence-electron chi connectivity index (χ2n) is 11.6. The predicted octanol–water partition coefficient (Wildman–Crippen LogP) is 10.5. The van der Waals surface area contributed by atoms with E-state index in [1.165, 1.54) is 11.7 Å². The number of nitrogens with zero attached hydrogens (tertiary/aromatic N) is 1. The number of hydrogen-bond acceptors (Lipinski definition) is 5. The van der Waals surface area contributed by atoms with Crippen LogP contribution < -0.4 is 4.74 Å². The summed E-state index contributed by atoms with van der Waals surface area (Å²) in [5.74, 6) is -1.83. The van der Waals surface area contributed by atoms with Crippen molar-refractivity contribution >= 4 is 40.3 Å². The number of halogens is 1. The van der Waals surface area contributed by atoms with E-state index in [4.69, 9.17) is 21.1 Å². The number of carbonyl (C=O) groups excluding carboxylic acids is 2. The van der Waals surface area contributed by atoms with Crippen molar-refractivity contribution in [3.05, 3.63) is 125 Å². The van der Waals surface area contributed by atoms with E-state index in [0.29, 0.717) is 45.8 Å². The smallest absolute Gasteiger partial charge is 0.353 e. The lowest BCUT2D eigenvalue weighted by atomic mass is 9.88. The number of hydrogen-bond donors (Lipinski definition) is 1. The quantitative estimate of drug-likeness (QED) is 0.0766. The molecule has 8 heteroatoms. The van der Waals surface area contributed by atoms with Crippen LogP contribution in [-0.4, -0.2) is 34.6 Å². The van der Waals surface area contributed by atoms with Crippen LogP contribution in [0.4, 0.5) is 0 Å². The molecule has 0 aliphatic rings. The summed E-state index contributed by atoms with van der Waals surface area (Å²) in [6, 6.07) is 11.5. The zero-order valence-corrected chi connectivity index (χ0v) is 29.7. The first-order chi connectivity index (χ1) is 23.7. The minimum absolute atomic E-state index is 0.0465. The van der Waals surface area contributed by atoms with Gasteiger partial charge in [0, 0.05) is 33.7 Å². The van der Waals surface area contributed by atoms with Crippen molar-refractivity contribution in [1.29, 1.82) is 0 Å². The van der Waals surface area contributed by atoms with Crippen LogP contribution in [-0.2, 0) is 19.9 Å². The Bertz CT molecular complexity index is 1710. The first-order valence-electron chi connectivity index (χ1n) is 16.9. The molecular formula is C41H48ClNO6. The fourth-order valence-electron chi connectivity index (χ4n) is 5.60. The fraction of sp³-hybridized carbons (Fsp3) is 0.341. The summed E-state index contributed by atoms with van der Waals surface area (Å²) in [5.41, 5.74) is -0.573. The fourth-order valence-corrected chi connectivity index (χ4v) is 5.72. The number of methoxy groups -OCH3 is 1. The summed E-state index contributed by atoms with van der Waals surface area (Å²) in [6.07, 6.45) is 27.1. The molecule has 2 aromatic carbocycles. The maximum atomic E-state index is 13.8. The lowest BCUT2D eigenvalue weighted by Gasteiger charge is -2.29. The van der Waals surface area contributed by atoms with E-state index in [1.807, 2.05) is 6.08 Å². The minimum Gasteiger partial charge on any atom is -0.497 e. The lowest BCUT2D eigenvalue weighted by molar-refractivity contribution is -0.181. The van der Waals surface area contributed by atoms with Crippen LogP contribution >= 0.6 is 11.6 Å². The number of carboxylic acids is 1. The predicted molar refractivity (Wildman–Crippen MR) is 198 cm³/mol. The average molecular weight is 686 g/mol. The average Bonchev–Trinajstić information content (AvgIpc) is 3.39. The molecule has 0 amide bonds. The number of carboxylic acid groups (broad SMARTS) is 1. The molecule has 3 aromatic rings. The van der Waals surface area contributed by atoms with E-state index in [-0.39, 0.29) is 24.3 Å². The molecule has 0 fully saturated rings. The summed E-state index contributed by atoms with van der Waals surface area (Å²) in [7, 11) is 1.51. The molecular weight excluding hydrogens is 638 g/mol. The maximum absolute atomic E-state index is 13.8. The molecule has 1 unspecified atom stereocenters. The molecule has 7 nitrogen and oxygen atoms in total. The number of rotatable bonds is 19. The van der Waals surface area contributed by atoms with Crippen molar-refractivity contribution in [2.24, 2.45) is 0 Å². The van der Waals surface area contributed by atoms with E-state index < -0.39 is 17.5 Å². The van der Waals surface area contributed by atoms with Gasteiger partial charge in [-0.05, 0) is 101 Å². The molecule has 0 radical (unpaired) electrons. The molecule has 1 atom stereocenters. The minimum atomic E-state index is -2.02. The highest BCUT2D eigenvalue weighted by atomic mass is 35.5. The van der Waals surface area contributed by atoms with Crippen LogP contribution in [0.2, 0.25) is 5.02 Å². The molecule has 260 valence electrons. The molecule has 1 aromatic heterocycles. The zero-order valence-electron chi connectivity index (χ0n) is 29.0. The van der Waals surface area contributed by atoms with Crippen molar-refractivity contribution in [3.63, 3.8) is 0 Å². The summed E-state index contributed by atoms with van der Waals surface area (Å²) in [5, 5.41) is 11.5. The van der Waals surface area contributed by atoms with Crippen molar-refractivity contribution in [2.75, 3.05) is 7.11 Å². The molecule has 0 aliphatic heterocycles. The highest BCUT2D eigenvalue weighted by Gasteiger charge is 2.47. The van der Waals surface area contributed by atoms with Crippen LogP contribution in [0.5, 0.6) is 5.75 Å². The van der Waals surface area contributed by atoms with E-state index in [9.17, 15) is 19.5 Å². The number of ether oxygens (including phenoxy) is 2. The first kappa shape index (κ1) is 38.8. The third-order valence-corrected chi connectivity index (χ3v) is 8.40. The second kappa shape index (κ2) is 20.0. The first-order valence-corrected chi connectivity index (χ1v) is 17.3. The number of esters is 1. The van der Waals surface area contributed by atoms with Gasteiger partial charge >= 0.3 is 11.9 Å². The number of allylic oxidation sites excluding steroid dienone is 10. The Balaban J connectivity index is 1.66. The highest BCUT2D eigenvalue weighted by molar-refractivity contribution is 6.30. The Morgan fingerprint density at radius 3 is 1.94 bits per heavy atom. The highest BCUT2D eigenvalue weighted by Crippen LogP contribution is 2.41. The third-order valence-electron chi connectivity index (χ3n) is 8.15. The van der Waals surface area contributed by atoms with Gasteiger partial charge in [-0.1, -0.05) is 86.2 Å². The van der Waals surface area contributed by atoms with Gasteiger partial charge in [0.05, 0.1) is 12.6 Å². The van der Waals surface area contributed by atoms with Gasteiger partial charge in [-0.2, -0.15) is 0 Å². The number of fused-ring (bicyclic) bond motifs is 1. The summed E-state index contributed by atoms with van der Waals surface area (Å²) >= 11 is 6.04. The zero-order chi connectivity index (χ0) is 35.6. The molecule has 0 saturated heterocycles. The van der Waals surface area contributed by atoms with Crippen LogP contribution in [0.1, 0.15) is 93.3 Å². The van der Waals surface area contributed by atoms with Crippen molar-refractivity contribution in [1.82, 2.24) is 4.57 Å². The van der Waals surface area contributed by atoms with Crippen molar-refractivity contribution in [2.45, 2.75) is 84.2 Å². The van der Waals surface area contributed by atoms with Gasteiger partial charge in [-0.3, -0.25) is 14.2 Å². The van der Waals surface area contributed by atoms with Crippen molar-refractivity contribution in [3.8, 4) is 5.75 Å². The van der Waals surface area contributed by atoms with Gasteiger partial charge < -0.3 is 14.6 Å². The van der Waals surface area contributed by atoms with E-state index in [2.05, 4.69) is 61.6 Å². The Morgan fingerprint density at radius 1 is 0.837 bits per heavy atom. The Labute approximate surface area is 295 Å². The second-order valence-corrected chi connectivity index (χ2v) is 12.0. The number of aliphatic carboxylic acids is 1. The van der Waals surface area contributed by atoms with Gasteiger partial charge in [0.2, 0.25) is 5.60 Å². The van der Waals surface area contributed by atoms with E-state index in [1.54, 1.807) is 56.3 Å².